The van der Waals surface area contributed by atoms with Crippen LogP contribution in [0.25, 0.3) is 22.4 Å². The molecule has 3 nitrogen and oxygen atoms in total. The molecule has 0 aliphatic carbocycles. The highest BCUT2D eigenvalue weighted by atomic mass is 32.1. The Bertz CT molecular complexity index is 991. The largest absolute Gasteiger partial charge is 0.253 e. The van der Waals surface area contributed by atoms with Gasteiger partial charge in [0.1, 0.15) is 0 Å². The number of rotatable bonds is 5. The number of nitrogens with one attached hydrogen (secondary N) is 1. The van der Waals surface area contributed by atoms with Gasteiger partial charge in [0.25, 0.3) is 0 Å². The Morgan fingerprint density at radius 1 is 0.731 bits per heavy atom. The van der Waals surface area contributed by atoms with E-state index in [0.29, 0.717) is 0 Å². The van der Waals surface area contributed by atoms with Crippen LogP contribution in [0.4, 0.5) is 5.13 Å². The van der Waals surface area contributed by atoms with Gasteiger partial charge >= 0.3 is 0 Å². The summed E-state index contributed by atoms with van der Waals surface area (Å²) >= 11 is 1.54. The number of anilines is 1. The van der Waals surface area contributed by atoms with Crippen molar-refractivity contribution in [2.45, 2.75) is 0 Å². The third kappa shape index (κ3) is 3.87. The average Bonchev–Trinajstić information content (AvgIpc) is 3.19. The van der Waals surface area contributed by atoms with Crippen molar-refractivity contribution in [3.63, 3.8) is 0 Å². The molecule has 0 atom stereocenters. The first-order chi connectivity index (χ1) is 12.9. The molecule has 0 amide bonds. The molecule has 4 rings (SSSR count). The summed E-state index contributed by atoms with van der Waals surface area (Å²) in [5.74, 6) is 0. The lowest BCUT2D eigenvalue weighted by Gasteiger charge is -2.02. The minimum atomic E-state index is 0.777. The van der Waals surface area contributed by atoms with E-state index in [4.69, 9.17) is 0 Å². The zero-order valence-electron chi connectivity index (χ0n) is 14.0. The SMILES string of the molecule is C(=N\Nc1nc(-c2ccc(-c3ccccc3)cc2)cs1)/c1ccccc1. The van der Waals surface area contributed by atoms with Gasteiger partial charge in [-0.25, -0.2) is 4.98 Å². The Labute approximate surface area is 156 Å². The van der Waals surface area contributed by atoms with E-state index in [0.717, 1.165) is 22.0 Å². The van der Waals surface area contributed by atoms with Crippen LogP contribution in [-0.2, 0) is 0 Å². The van der Waals surface area contributed by atoms with Crippen LogP contribution in [0, 0.1) is 0 Å². The van der Waals surface area contributed by atoms with E-state index < -0.39 is 0 Å². The first-order valence-corrected chi connectivity index (χ1v) is 9.22. The Kier molecular flexibility index (Phi) is 4.85. The standard InChI is InChI=1S/C22H17N3S/c1-3-7-17(8-4-1)15-23-25-22-24-21(16-26-22)20-13-11-19(12-14-20)18-9-5-2-6-10-18/h1-16H,(H,24,25)/b23-15+. The molecule has 0 fully saturated rings. The third-order valence-corrected chi connectivity index (χ3v) is 4.71. The minimum absolute atomic E-state index is 0.777. The van der Waals surface area contributed by atoms with Gasteiger partial charge in [-0.05, 0) is 16.7 Å². The van der Waals surface area contributed by atoms with E-state index in [-0.39, 0.29) is 0 Å². The van der Waals surface area contributed by atoms with Crippen LogP contribution in [0.15, 0.2) is 95.4 Å². The molecule has 0 saturated carbocycles. The predicted molar refractivity (Wildman–Crippen MR) is 111 cm³/mol. The molecule has 0 radical (unpaired) electrons. The molecule has 0 unspecified atom stereocenters. The second-order valence-electron chi connectivity index (χ2n) is 5.76. The molecule has 26 heavy (non-hydrogen) atoms. The molecule has 0 aliphatic heterocycles. The Morgan fingerprint density at radius 2 is 1.35 bits per heavy atom. The highest BCUT2D eigenvalue weighted by Gasteiger charge is 2.04. The molecular formula is C22H17N3S. The number of hydrazone groups is 1. The van der Waals surface area contributed by atoms with E-state index >= 15 is 0 Å². The summed E-state index contributed by atoms with van der Waals surface area (Å²) in [6, 6.07) is 28.8. The molecular weight excluding hydrogens is 338 g/mol. The number of benzene rings is 3. The molecule has 126 valence electrons. The van der Waals surface area contributed by atoms with Crippen LogP contribution in [0.1, 0.15) is 5.56 Å². The van der Waals surface area contributed by atoms with Gasteiger partial charge < -0.3 is 0 Å². The highest BCUT2D eigenvalue weighted by molar-refractivity contribution is 7.14. The first-order valence-electron chi connectivity index (χ1n) is 8.34. The third-order valence-electron chi connectivity index (χ3n) is 3.97. The van der Waals surface area contributed by atoms with E-state index in [1.165, 1.54) is 11.1 Å². The Morgan fingerprint density at radius 3 is 2.08 bits per heavy atom. The fourth-order valence-electron chi connectivity index (χ4n) is 2.62. The average molecular weight is 355 g/mol. The number of thiazole rings is 1. The molecule has 1 heterocycles. The van der Waals surface area contributed by atoms with E-state index in [2.05, 4.69) is 64.0 Å². The van der Waals surface area contributed by atoms with Crippen molar-refractivity contribution < 1.29 is 0 Å². The number of hydrogen-bond donors (Lipinski definition) is 1. The summed E-state index contributed by atoms with van der Waals surface area (Å²) in [5.41, 5.74) is 8.52. The quantitative estimate of drug-likeness (QED) is 0.356. The fraction of sp³-hybridized carbons (Fsp3) is 0. The van der Waals surface area contributed by atoms with Crippen LogP contribution < -0.4 is 5.43 Å². The van der Waals surface area contributed by atoms with Crippen molar-refractivity contribution >= 4 is 22.7 Å². The van der Waals surface area contributed by atoms with Crippen LogP contribution in [0.2, 0.25) is 0 Å². The summed E-state index contributed by atoms with van der Waals surface area (Å²) in [4.78, 5) is 4.61. The Balaban J connectivity index is 1.45. The number of nitrogens with zero attached hydrogens (tertiary/aromatic N) is 2. The lowest BCUT2D eigenvalue weighted by Crippen LogP contribution is -1.89. The van der Waals surface area contributed by atoms with Gasteiger partial charge in [-0.2, -0.15) is 5.10 Å². The smallest absolute Gasteiger partial charge is 0.203 e. The molecule has 0 aliphatic rings. The minimum Gasteiger partial charge on any atom is -0.253 e. The normalized spacial score (nSPS) is 10.9. The second-order valence-corrected chi connectivity index (χ2v) is 6.62. The monoisotopic (exact) mass is 355 g/mol. The molecule has 0 bridgehead atoms. The van der Waals surface area contributed by atoms with E-state index in [9.17, 15) is 0 Å². The molecule has 1 aromatic heterocycles. The summed E-state index contributed by atoms with van der Waals surface area (Å²) < 4.78 is 0. The van der Waals surface area contributed by atoms with E-state index in [1.807, 2.05) is 41.8 Å². The van der Waals surface area contributed by atoms with E-state index in [1.54, 1.807) is 17.6 Å². The predicted octanol–water partition coefficient (Wildman–Crippen LogP) is 5.92. The van der Waals surface area contributed by atoms with Crippen molar-refractivity contribution in [1.29, 1.82) is 0 Å². The second kappa shape index (κ2) is 7.76. The number of hydrogen-bond acceptors (Lipinski definition) is 4. The van der Waals surface area contributed by atoms with Gasteiger partial charge in [-0.15, -0.1) is 11.3 Å². The van der Waals surface area contributed by atoms with Crippen molar-refractivity contribution in [3.05, 3.63) is 95.9 Å². The van der Waals surface area contributed by atoms with Crippen LogP contribution in [0.5, 0.6) is 0 Å². The van der Waals surface area contributed by atoms with Crippen molar-refractivity contribution in [3.8, 4) is 22.4 Å². The van der Waals surface area contributed by atoms with Gasteiger partial charge in [0.05, 0.1) is 11.9 Å². The lowest BCUT2D eigenvalue weighted by atomic mass is 10.0. The van der Waals surface area contributed by atoms with Crippen molar-refractivity contribution in [2.75, 3.05) is 5.43 Å². The van der Waals surface area contributed by atoms with Gasteiger partial charge in [0.15, 0.2) is 0 Å². The Hall–Kier alpha value is -3.24. The molecule has 4 heteroatoms. The molecule has 3 aromatic carbocycles. The van der Waals surface area contributed by atoms with Crippen LogP contribution in [-0.4, -0.2) is 11.2 Å². The molecule has 0 saturated heterocycles. The van der Waals surface area contributed by atoms with Crippen LogP contribution in [0.3, 0.4) is 0 Å². The maximum Gasteiger partial charge on any atom is 0.203 e. The fourth-order valence-corrected chi connectivity index (χ4v) is 3.29. The maximum atomic E-state index is 4.61. The summed E-state index contributed by atoms with van der Waals surface area (Å²) in [5, 5.41) is 7.06. The van der Waals surface area contributed by atoms with Gasteiger partial charge in [0, 0.05) is 10.9 Å². The summed E-state index contributed by atoms with van der Waals surface area (Å²) in [6.07, 6.45) is 1.79. The highest BCUT2D eigenvalue weighted by Crippen LogP contribution is 2.27. The summed E-state index contributed by atoms with van der Waals surface area (Å²) in [7, 11) is 0. The zero-order valence-corrected chi connectivity index (χ0v) is 14.9. The van der Waals surface area contributed by atoms with Gasteiger partial charge in [-0.1, -0.05) is 84.9 Å². The molecule has 0 spiro atoms. The van der Waals surface area contributed by atoms with Crippen molar-refractivity contribution in [2.24, 2.45) is 5.10 Å². The first kappa shape index (κ1) is 16.2. The van der Waals surface area contributed by atoms with Gasteiger partial charge in [0.2, 0.25) is 5.13 Å². The molecule has 4 aromatic rings. The zero-order chi connectivity index (χ0) is 17.6. The number of aromatic nitrogens is 1. The lowest BCUT2D eigenvalue weighted by molar-refractivity contribution is 1.29. The topological polar surface area (TPSA) is 37.3 Å². The molecule has 1 N–H and O–H groups in total. The summed E-state index contributed by atoms with van der Waals surface area (Å²) in [6.45, 7) is 0. The maximum absolute atomic E-state index is 4.61. The van der Waals surface area contributed by atoms with Crippen LogP contribution >= 0.6 is 11.3 Å². The van der Waals surface area contributed by atoms with Gasteiger partial charge in [-0.3, -0.25) is 5.43 Å². The van der Waals surface area contributed by atoms with Crippen molar-refractivity contribution in [1.82, 2.24) is 4.98 Å².